The second kappa shape index (κ2) is 6.73. The summed E-state index contributed by atoms with van der Waals surface area (Å²) in [5.74, 6) is -0.125. The van der Waals surface area contributed by atoms with Crippen molar-refractivity contribution in [2.24, 2.45) is 17.6 Å². The van der Waals surface area contributed by atoms with Gasteiger partial charge in [-0.05, 0) is 31.1 Å². The van der Waals surface area contributed by atoms with Crippen molar-refractivity contribution in [3.05, 3.63) is 0 Å². The van der Waals surface area contributed by atoms with E-state index in [4.69, 9.17) is 10.8 Å². The lowest BCUT2D eigenvalue weighted by molar-refractivity contribution is -0.138. The van der Waals surface area contributed by atoms with E-state index in [0.29, 0.717) is 25.4 Å². The zero-order valence-corrected chi connectivity index (χ0v) is 11.3. The van der Waals surface area contributed by atoms with Gasteiger partial charge in [-0.3, -0.25) is 9.59 Å². The fraction of sp³-hybridized carbons (Fsp3) is 0.846. The summed E-state index contributed by atoms with van der Waals surface area (Å²) in [7, 11) is 0. The molecule has 1 aliphatic rings. The highest BCUT2D eigenvalue weighted by molar-refractivity contribution is 5.82. The number of piperidine rings is 1. The van der Waals surface area contributed by atoms with E-state index in [-0.39, 0.29) is 18.2 Å². The lowest BCUT2D eigenvalue weighted by Gasteiger charge is -2.34. The predicted octanol–water partition coefficient (Wildman–Crippen LogP) is 1.07. The number of hydrogen-bond acceptors (Lipinski definition) is 3. The van der Waals surface area contributed by atoms with Gasteiger partial charge in [0.05, 0.1) is 6.04 Å². The van der Waals surface area contributed by atoms with Crippen LogP contribution < -0.4 is 5.73 Å². The first kappa shape index (κ1) is 15.0. The smallest absolute Gasteiger partial charge is 0.303 e. The van der Waals surface area contributed by atoms with E-state index in [9.17, 15) is 9.59 Å². The molecule has 0 aromatic rings. The van der Waals surface area contributed by atoms with Gasteiger partial charge in [-0.25, -0.2) is 0 Å². The Kier molecular flexibility index (Phi) is 5.59. The largest absolute Gasteiger partial charge is 0.481 e. The molecule has 1 fully saturated rings. The summed E-state index contributed by atoms with van der Waals surface area (Å²) >= 11 is 0. The molecule has 0 radical (unpaired) electrons. The molecule has 1 amide bonds. The van der Waals surface area contributed by atoms with Gasteiger partial charge in [0.2, 0.25) is 5.91 Å². The number of rotatable bonds is 5. The third-order valence-electron chi connectivity index (χ3n) is 3.70. The Morgan fingerprint density at radius 2 is 1.89 bits per heavy atom. The third-order valence-corrected chi connectivity index (χ3v) is 3.70. The Morgan fingerprint density at radius 1 is 1.33 bits per heavy atom. The summed E-state index contributed by atoms with van der Waals surface area (Å²) in [6, 6.07) is -0.416. The van der Waals surface area contributed by atoms with Crippen LogP contribution in [-0.2, 0) is 9.59 Å². The molecule has 1 unspecified atom stereocenters. The van der Waals surface area contributed by atoms with Gasteiger partial charge < -0.3 is 15.7 Å². The molecule has 0 aliphatic carbocycles. The molecule has 104 valence electrons. The summed E-state index contributed by atoms with van der Waals surface area (Å²) in [6.07, 6.45) is 2.73. The average Bonchev–Trinajstić information content (AvgIpc) is 2.35. The molecular weight excluding hydrogens is 232 g/mol. The predicted molar refractivity (Wildman–Crippen MR) is 69.0 cm³/mol. The van der Waals surface area contributed by atoms with Crippen molar-refractivity contribution < 1.29 is 14.7 Å². The van der Waals surface area contributed by atoms with Crippen LogP contribution in [0.25, 0.3) is 0 Å². The third kappa shape index (κ3) is 4.29. The molecular formula is C13H24N2O3. The van der Waals surface area contributed by atoms with Gasteiger partial charge in [-0.15, -0.1) is 0 Å². The highest BCUT2D eigenvalue weighted by Gasteiger charge is 2.27. The first-order valence-corrected chi connectivity index (χ1v) is 6.68. The van der Waals surface area contributed by atoms with Gasteiger partial charge in [-0.1, -0.05) is 13.8 Å². The Labute approximate surface area is 108 Å². The van der Waals surface area contributed by atoms with Gasteiger partial charge in [-0.2, -0.15) is 0 Å². The van der Waals surface area contributed by atoms with E-state index >= 15 is 0 Å². The number of carboxylic acids is 1. The van der Waals surface area contributed by atoms with Gasteiger partial charge in [0, 0.05) is 19.5 Å². The summed E-state index contributed by atoms with van der Waals surface area (Å²) in [5, 5.41) is 8.64. The van der Waals surface area contributed by atoms with E-state index < -0.39 is 12.0 Å². The number of carbonyl (C=O) groups excluding carboxylic acids is 1. The first-order valence-electron chi connectivity index (χ1n) is 6.68. The number of carboxylic acid groups (broad SMARTS) is 1. The number of hydrogen-bond donors (Lipinski definition) is 2. The molecule has 5 heteroatoms. The molecule has 1 rings (SSSR count). The molecule has 5 nitrogen and oxygen atoms in total. The number of likely N-dealkylation sites (tertiary alicyclic amines) is 1. The highest BCUT2D eigenvalue weighted by atomic mass is 16.4. The molecule has 3 N–H and O–H groups in total. The minimum Gasteiger partial charge on any atom is -0.481 e. The van der Waals surface area contributed by atoms with Gasteiger partial charge in [0.15, 0.2) is 0 Å². The summed E-state index contributed by atoms with van der Waals surface area (Å²) in [6.45, 7) is 5.32. The summed E-state index contributed by atoms with van der Waals surface area (Å²) < 4.78 is 0. The van der Waals surface area contributed by atoms with Gasteiger partial charge in [0.1, 0.15) is 0 Å². The highest BCUT2D eigenvalue weighted by Crippen LogP contribution is 2.22. The zero-order chi connectivity index (χ0) is 13.7. The van der Waals surface area contributed by atoms with Crippen molar-refractivity contribution in [2.45, 2.75) is 45.6 Å². The van der Waals surface area contributed by atoms with Crippen LogP contribution in [0.4, 0.5) is 0 Å². The molecule has 0 spiro atoms. The Balaban J connectivity index is 2.35. The van der Waals surface area contributed by atoms with Crippen LogP contribution in [0.2, 0.25) is 0 Å². The summed E-state index contributed by atoms with van der Waals surface area (Å²) in [5.41, 5.74) is 5.85. The van der Waals surface area contributed by atoms with E-state index in [1.165, 1.54) is 0 Å². The van der Waals surface area contributed by atoms with Crippen LogP contribution in [0.1, 0.15) is 39.5 Å². The zero-order valence-electron chi connectivity index (χ0n) is 11.3. The van der Waals surface area contributed by atoms with Crippen molar-refractivity contribution in [2.75, 3.05) is 13.1 Å². The maximum Gasteiger partial charge on any atom is 0.303 e. The van der Waals surface area contributed by atoms with Gasteiger partial charge >= 0.3 is 5.97 Å². The van der Waals surface area contributed by atoms with Gasteiger partial charge in [0.25, 0.3) is 0 Å². The monoisotopic (exact) mass is 256 g/mol. The van der Waals surface area contributed by atoms with Crippen molar-refractivity contribution in [1.82, 2.24) is 4.90 Å². The fourth-order valence-electron chi connectivity index (χ4n) is 2.27. The number of aliphatic carboxylic acids is 1. The molecule has 1 atom stereocenters. The van der Waals surface area contributed by atoms with Crippen LogP contribution in [0, 0.1) is 11.8 Å². The maximum absolute atomic E-state index is 12.0. The van der Waals surface area contributed by atoms with Crippen molar-refractivity contribution >= 4 is 11.9 Å². The molecule has 0 aromatic heterocycles. The Morgan fingerprint density at radius 3 is 2.33 bits per heavy atom. The SMILES string of the molecule is CC(C)C(N)C(=O)N1CCC(CCC(=O)O)CC1. The minimum atomic E-state index is -0.740. The summed E-state index contributed by atoms with van der Waals surface area (Å²) in [4.78, 5) is 24.3. The Bertz CT molecular complexity index is 297. The molecule has 0 saturated carbocycles. The number of nitrogens with two attached hydrogens (primary N) is 1. The van der Waals surface area contributed by atoms with Crippen molar-refractivity contribution in [1.29, 1.82) is 0 Å². The molecule has 0 bridgehead atoms. The van der Waals surface area contributed by atoms with Crippen LogP contribution in [0.5, 0.6) is 0 Å². The number of carbonyl (C=O) groups is 2. The molecule has 1 saturated heterocycles. The first-order chi connectivity index (χ1) is 8.41. The second-order valence-corrected chi connectivity index (χ2v) is 5.47. The van der Waals surface area contributed by atoms with Crippen LogP contribution in [0.3, 0.4) is 0 Å². The molecule has 1 aliphatic heterocycles. The van der Waals surface area contributed by atoms with E-state index in [1.54, 1.807) is 0 Å². The Hall–Kier alpha value is -1.10. The van der Waals surface area contributed by atoms with Crippen molar-refractivity contribution in [3.63, 3.8) is 0 Å². The normalized spacial score (nSPS) is 19.0. The minimum absolute atomic E-state index is 0.0293. The van der Waals surface area contributed by atoms with E-state index in [2.05, 4.69) is 0 Å². The molecule has 0 aromatic carbocycles. The average molecular weight is 256 g/mol. The number of amides is 1. The maximum atomic E-state index is 12.0. The van der Waals surface area contributed by atoms with Crippen molar-refractivity contribution in [3.8, 4) is 0 Å². The topological polar surface area (TPSA) is 83.6 Å². The second-order valence-electron chi connectivity index (χ2n) is 5.47. The molecule has 18 heavy (non-hydrogen) atoms. The standard InChI is InChI=1S/C13H24N2O3/c1-9(2)12(14)13(18)15-7-5-10(6-8-15)3-4-11(16)17/h9-10,12H,3-8,14H2,1-2H3,(H,16,17). The lowest BCUT2D eigenvalue weighted by Crippen LogP contribution is -2.49. The van der Waals surface area contributed by atoms with E-state index in [1.807, 2.05) is 18.7 Å². The fourth-order valence-corrected chi connectivity index (χ4v) is 2.27. The van der Waals surface area contributed by atoms with E-state index in [0.717, 1.165) is 12.8 Å². The number of nitrogens with zero attached hydrogens (tertiary/aromatic N) is 1. The molecule has 1 heterocycles. The quantitative estimate of drug-likeness (QED) is 0.770. The lowest BCUT2D eigenvalue weighted by atomic mass is 9.91. The van der Waals surface area contributed by atoms with Crippen LogP contribution >= 0.6 is 0 Å². The van der Waals surface area contributed by atoms with Crippen LogP contribution in [0.15, 0.2) is 0 Å². The van der Waals surface area contributed by atoms with Crippen LogP contribution in [-0.4, -0.2) is 41.0 Å².